The summed E-state index contributed by atoms with van der Waals surface area (Å²) in [6.07, 6.45) is 3.51. The van der Waals surface area contributed by atoms with Crippen molar-refractivity contribution in [3.05, 3.63) is 67.7 Å². The fraction of sp³-hybridized carbons (Fsp3) is 0.421. The van der Waals surface area contributed by atoms with Gasteiger partial charge >= 0.3 is 5.69 Å². The second-order valence-corrected chi connectivity index (χ2v) is 6.70. The van der Waals surface area contributed by atoms with Crippen molar-refractivity contribution in [2.45, 2.75) is 45.1 Å². The number of carbonyl (C=O) groups is 1. The number of aromatic nitrogens is 2. The van der Waals surface area contributed by atoms with E-state index in [9.17, 15) is 18.8 Å². The van der Waals surface area contributed by atoms with E-state index in [1.807, 2.05) is 6.07 Å². The number of nitrogens with zero attached hydrogens (tertiary/aromatic N) is 1. The molecule has 0 radical (unpaired) electrons. The maximum atomic E-state index is 13.7. The van der Waals surface area contributed by atoms with Crippen molar-refractivity contribution in [3.63, 3.8) is 0 Å². The molecule has 7 heteroatoms. The fourth-order valence-electron chi connectivity index (χ4n) is 3.56. The summed E-state index contributed by atoms with van der Waals surface area (Å²) in [5, 5.41) is 0. The van der Waals surface area contributed by atoms with Crippen LogP contribution in [0.5, 0.6) is 0 Å². The van der Waals surface area contributed by atoms with Crippen molar-refractivity contribution in [2.75, 3.05) is 6.54 Å². The molecule has 1 atom stereocenters. The number of likely N-dealkylation sites (tertiary alicyclic amines) is 1. The molecule has 0 aliphatic carbocycles. The van der Waals surface area contributed by atoms with Gasteiger partial charge in [0.25, 0.3) is 5.56 Å². The normalized spacial score (nSPS) is 17.8. The fourth-order valence-corrected chi connectivity index (χ4v) is 3.56. The van der Waals surface area contributed by atoms with Crippen LogP contribution in [0.4, 0.5) is 4.39 Å². The van der Waals surface area contributed by atoms with Gasteiger partial charge in [0.15, 0.2) is 0 Å². The summed E-state index contributed by atoms with van der Waals surface area (Å²) in [7, 11) is 0. The summed E-state index contributed by atoms with van der Waals surface area (Å²) < 4.78 is 13.7. The molecule has 0 unspecified atom stereocenters. The third kappa shape index (κ3) is 3.92. The number of nitrogens with one attached hydrogen (secondary N) is 2. The molecule has 1 aromatic heterocycles. The number of aryl methyl sites for hydroxylation is 1. The van der Waals surface area contributed by atoms with Crippen molar-refractivity contribution in [3.8, 4) is 0 Å². The Morgan fingerprint density at radius 1 is 1.23 bits per heavy atom. The van der Waals surface area contributed by atoms with Crippen LogP contribution >= 0.6 is 0 Å². The summed E-state index contributed by atoms with van der Waals surface area (Å²) in [4.78, 5) is 42.8. The van der Waals surface area contributed by atoms with E-state index in [4.69, 9.17) is 0 Å². The van der Waals surface area contributed by atoms with Gasteiger partial charge in [0.1, 0.15) is 5.82 Å². The van der Waals surface area contributed by atoms with Crippen molar-refractivity contribution < 1.29 is 9.18 Å². The lowest BCUT2D eigenvalue weighted by atomic mass is 10.00. The molecule has 0 spiro atoms. The Morgan fingerprint density at radius 3 is 2.77 bits per heavy atom. The summed E-state index contributed by atoms with van der Waals surface area (Å²) in [6.45, 7) is 2.17. The molecule has 1 fully saturated rings. The first-order valence-corrected chi connectivity index (χ1v) is 8.82. The highest BCUT2D eigenvalue weighted by Gasteiger charge is 2.28. The molecule has 1 saturated heterocycles. The van der Waals surface area contributed by atoms with Crippen LogP contribution in [-0.4, -0.2) is 27.3 Å². The third-order valence-corrected chi connectivity index (χ3v) is 4.89. The van der Waals surface area contributed by atoms with Gasteiger partial charge in [0.05, 0.1) is 12.5 Å². The van der Waals surface area contributed by atoms with Gasteiger partial charge in [-0.05, 0) is 37.5 Å². The second kappa shape index (κ2) is 7.68. The van der Waals surface area contributed by atoms with Crippen LogP contribution in [0.1, 0.15) is 48.5 Å². The average Bonchev–Trinajstić information content (AvgIpc) is 2.84. The van der Waals surface area contributed by atoms with Crippen molar-refractivity contribution in [1.82, 2.24) is 14.9 Å². The van der Waals surface area contributed by atoms with Crippen LogP contribution in [0, 0.1) is 12.7 Å². The lowest BCUT2D eigenvalue weighted by Crippen LogP contribution is -2.38. The van der Waals surface area contributed by atoms with E-state index in [-0.39, 0.29) is 29.8 Å². The van der Waals surface area contributed by atoms with E-state index in [0.29, 0.717) is 12.2 Å². The Labute approximate surface area is 150 Å². The maximum absolute atomic E-state index is 13.7. The Bertz CT molecular complexity index is 919. The van der Waals surface area contributed by atoms with E-state index in [1.54, 1.807) is 17.9 Å². The number of carbonyl (C=O) groups excluding carboxylic acids is 1. The predicted octanol–water partition coefficient (Wildman–Crippen LogP) is 2.20. The number of amides is 1. The summed E-state index contributed by atoms with van der Waals surface area (Å²) in [5.41, 5.74) is 0.293. The molecular formula is C19H22FN3O3. The molecule has 6 nitrogen and oxygen atoms in total. The number of rotatable bonds is 3. The first kappa shape index (κ1) is 18.1. The minimum absolute atomic E-state index is 0.0935. The average molecular weight is 359 g/mol. The zero-order valence-electron chi connectivity index (χ0n) is 14.7. The van der Waals surface area contributed by atoms with E-state index >= 15 is 0 Å². The maximum Gasteiger partial charge on any atom is 0.325 e. The smallest absolute Gasteiger partial charge is 0.325 e. The Morgan fingerprint density at radius 2 is 2.04 bits per heavy atom. The van der Waals surface area contributed by atoms with E-state index in [0.717, 1.165) is 31.2 Å². The standard InChI is InChI=1S/C19H22FN3O3/c1-12-15(18(25)22-19(26)21-12)11-17(24)23-9-4-2-3-8-16(23)13-6-5-7-14(20)10-13/h5-7,10,16H,2-4,8-9,11H2,1H3,(H2,21,22,25,26)/t16-/m1/s1. The highest BCUT2D eigenvalue weighted by molar-refractivity contribution is 5.79. The third-order valence-electron chi connectivity index (χ3n) is 4.89. The molecule has 2 aromatic rings. The van der Waals surface area contributed by atoms with Gasteiger partial charge in [-0.15, -0.1) is 0 Å². The van der Waals surface area contributed by atoms with Crippen LogP contribution in [0.3, 0.4) is 0 Å². The minimum Gasteiger partial charge on any atom is -0.335 e. The number of halogens is 1. The molecule has 0 saturated carbocycles. The zero-order valence-corrected chi connectivity index (χ0v) is 14.7. The van der Waals surface area contributed by atoms with Crippen molar-refractivity contribution >= 4 is 5.91 Å². The van der Waals surface area contributed by atoms with E-state index < -0.39 is 11.2 Å². The topological polar surface area (TPSA) is 86.0 Å². The predicted molar refractivity (Wildman–Crippen MR) is 95.4 cm³/mol. The SMILES string of the molecule is Cc1[nH]c(=O)[nH]c(=O)c1CC(=O)N1CCCCC[C@@H]1c1cccc(F)c1. The number of hydrogen-bond donors (Lipinski definition) is 2. The molecule has 3 rings (SSSR count). The molecule has 2 N–H and O–H groups in total. The van der Waals surface area contributed by atoms with E-state index in [2.05, 4.69) is 9.97 Å². The van der Waals surface area contributed by atoms with Gasteiger partial charge in [-0.1, -0.05) is 25.0 Å². The van der Waals surface area contributed by atoms with Gasteiger partial charge < -0.3 is 9.88 Å². The van der Waals surface area contributed by atoms with Crippen LogP contribution in [0.2, 0.25) is 0 Å². The van der Waals surface area contributed by atoms with Crippen LogP contribution in [0.25, 0.3) is 0 Å². The lowest BCUT2D eigenvalue weighted by molar-refractivity contribution is -0.133. The highest BCUT2D eigenvalue weighted by atomic mass is 19.1. The molecule has 26 heavy (non-hydrogen) atoms. The summed E-state index contributed by atoms with van der Waals surface area (Å²) in [6, 6.07) is 6.12. The largest absolute Gasteiger partial charge is 0.335 e. The van der Waals surface area contributed by atoms with Crippen molar-refractivity contribution in [1.29, 1.82) is 0 Å². The van der Waals surface area contributed by atoms with Crippen LogP contribution in [-0.2, 0) is 11.2 Å². The number of H-pyrrole nitrogens is 2. The molecule has 1 aromatic carbocycles. The van der Waals surface area contributed by atoms with Crippen LogP contribution < -0.4 is 11.2 Å². The minimum atomic E-state index is -0.587. The van der Waals surface area contributed by atoms with Crippen molar-refractivity contribution in [2.24, 2.45) is 0 Å². The molecule has 1 aliphatic heterocycles. The molecular weight excluding hydrogens is 337 g/mol. The zero-order chi connectivity index (χ0) is 18.7. The Kier molecular flexibility index (Phi) is 5.35. The summed E-state index contributed by atoms with van der Waals surface area (Å²) in [5.74, 6) is -0.520. The van der Waals surface area contributed by atoms with Gasteiger partial charge in [0.2, 0.25) is 5.91 Å². The first-order valence-electron chi connectivity index (χ1n) is 8.82. The molecule has 0 bridgehead atoms. The van der Waals surface area contributed by atoms with E-state index in [1.165, 1.54) is 12.1 Å². The first-order chi connectivity index (χ1) is 12.5. The molecule has 2 heterocycles. The lowest BCUT2D eigenvalue weighted by Gasteiger charge is -2.30. The molecule has 138 valence electrons. The quantitative estimate of drug-likeness (QED) is 0.881. The highest BCUT2D eigenvalue weighted by Crippen LogP contribution is 2.31. The Hall–Kier alpha value is -2.70. The monoisotopic (exact) mass is 359 g/mol. The van der Waals surface area contributed by atoms with Gasteiger partial charge in [0, 0.05) is 17.8 Å². The van der Waals surface area contributed by atoms with Gasteiger partial charge in [-0.2, -0.15) is 0 Å². The van der Waals surface area contributed by atoms with Crippen LogP contribution in [0.15, 0.2) is 33.9 Å². The van der Waals surface area contributed by atoms with Gasteiger partial charge in [-0.25, -0.2) is 9.18 Å². The molecule has 1 amide bonds. The van der Waals surface area contributed by atoms with Gasteiger partial charge in [-0.3, -0.25) is 14.6 Å². The number of aromatic amines is 2. The number of benzene rings is 1. The number of hydrogen-bond acceptors (Lipinski definition) is 3. The summed E-state index contributed by atoms with van der Waals surface area (Å²) >= 11 is 0. The molecule has 1 aliphatic rings. The Balaban J connectivity index is 1.90. The second-order valence-electron chi connectivity index (χ2n) is 6.70.